The van der Waals surface area contributed by atoms with E-state index in [-0.39, 0.29) is 5.41 Å². The predicted octanol–water partition coefficient (Wildman–Crippen LogP) is 2.31. The van der Waals surface area contributed by atoms with Gasteiger partial charge in [0.05, 0.1) is 5.41 Å². The van der Waals surface area contributed by atoms with E-state index in [0.29, 0.717) is 17.4 Å². The van der Waals surface area contributed by atoms with Gasteiger partial charge in [-0.2, -0.15) is 0 Å². The van der Waals surface area contributed by atoms with Crippen molar-refractivity contribution in [3.63, 3.8) is 0 Å². The fourth-order valence-corrected chi connectivity index (χ4v) is 4.52. The number of aryl methyl sites for hydroxylation is 1. The van der Waals surface area contributed by atoms with Gasteiger partial charge in [0.25, 0.3) is 5.91 Å². The van der Waals surface area contributed by atoms with Crippen LogP contribution < -0.4 is 5.48 Å². The van der Waals surface area contributed by atoms with E-state index in [1.54, 1.807) is 11.5 Å². The molecule has 2 N–H and O–H groups in total. The van der Waals surface area contributed by atoms with Crippen molar-refractivity contribution in [2.75, 3.05) is 13.1 Å². The van der Waals surface area contributed by atoms with Crippen molar-refractivity contribution >= 4 is 11.8 Å². The Hall–Kier alpha value is -1.88. The van der Waals surface area contributed by atoms with Gasteiger partial charge >= 0.3 is 0 Å². The number of hydrogen-bond acceptors (Lipinski definition) is 3. The first-order chi connectivity index (χ1) is 11.6. The monoisotopic (exact) mass is 328 g/mol. The third-order valence-corrected chi connectivity index (χ3v) is 6.28. The molecule has 1 aromatic rings. The first-order valence-electron chi connectivity index (χ1n) is 8.97. The molecule has 128 valence electrons. The Balaban J connectivity index is 1.54. The molecule has 1 aliphatic heterocycles. The lowest BCUT2D eigenvalue weighted by Crippen LogP contribution is -2.41. The van der Waals surface area contributed by atoms with Gasteiger partial charge in [0.1, 0.15) is 0 Å². The molecule has 0 radical (unpaired) electrons. The summed E-state index contributed by atoms with van der Waals surface area (Å²) in [6.07, 6.45) is 7.27. The molecule has 1 saturated heterocycles. The summed E-state index contributed by atoms with van der Waals surface area (Å²) in [6.45, 7) is 1.81. The topological polar surface area (TPSA) is 69.6 Å². The number of fused-ring (bicyclic) bond motifs is 1. The summed E-state index contributed by atoms with van der Waals surface area (Å²) in [5.41, 5.74) is 4.17. The molecular formula is C19H24N2O3. The highest BCUT2D eigenvalue weighted by molar-refractivity contribution is 5.93. The first kappa shape index (κ1) is 15.6. The maximum atomic E-state index is 13.0. The van der Waals surface area contributed by atoms with Gasteiger partial charge in [0, 0.05) is 18.7 Å². The highest BCUT2D eigenvalue weighted by atomic mass is 16.5. The molecule has 5 nitrogen and oxygen atoms in total. The molecule has 2 amide bonds. The van der Waals surface area contributed by atoms with Crippen molar-refractivity contribution in [3.8, 4) is 0 Å². The molecule has 0 unspecified atom stereocenters. The summed E-state index contributed by atoms with van der Waals surface area (Å²) in [6, 6.07) is 5.53. The van der Waals surface area contributed by atoms with Gasteiger partial charge in [0.2, 0.25) is 5.91 Å². The first-order valence-corrected chi connectivity index (χ1v) is 8.97. The van der Waals surface area contributed by atoms with E-state index in [0.717, 1.165) is 44.3 Å². The van der Waals surface area contributed by atoms with Crippen LogP contribution >= 0.6 is 0 Å². The van der Waals surface area contributed by atoms with E-state index < -0.39 is 5.91 Å². The third-order valence-electron chi connectivity index (χ3n) is 6.28. The van der Waals surface area contributed by atoms with Crippen molar-refractivity contribution in [1.82, 2.24) is 10.4 Å². The zero-order valence-electron chi connectivity index (χ0n) is 13.9. The second kappa shape index (κ2) is 5.88. The summed E-state index contributed by atoms with van der Waals surface area (Å²) in [7, 11) is 0. The fourth-order valence-electron chi connectivity index (χ4n) is 4.52. The number of hydroxylamine groups is 1. The number of benzene rings is 1. The second-order valence-corrected chi connectivity index (χ2v) is 7.68. The zero-order chi connectivity index (χ0) is 16.7. The van der Waals surface area contributed by atoms with Gasteiger partial charge in [-0.25, -0.2) is 5.48 Å². The van der Waals surface area contributed by atoms with Crippen LogP contribution in [0.5, 0.6) is 0 Å². The number of nitrogens with one attached hydrogen (secondary N) is 1. The summed E-state index contributed by atoms with van der Waals surface area (Å²) < 4.78 is 0. The number of nitrogens with zero attached hydrogens (tertiary/aromatic N) is 1. The molecule has 2 fully saturated rings. The average Bonchev–Trinajstić information content (AvgIpc) is 2.86. The molecule has 1 aromatic carbocycles. The smallest absolute Gasteiger partial charge is 0.274 e. The van der Waals surface area contributed by atoms with Crippen LogP contribution in [0.25, 0.3) is 0 Å². The molecule has 1 spiro atoms. The van der Waals surface area contributed by atoms with Crippen LogP contribution in [0.15, 0.2) is 18.2 Å². The zero-order valence-corrected chi connectivity index (χ0v) is 13.9. The van der Waals surface area contributed by atoms with Gasteiger partial charge in [-0.05, 0) is 67.7 Å². The lowest BCUT2D eigenvalue weighted by atomic mass is 9.70. The van der Waals surface area contributed by atoms with Crippen LogP contribution in [-0.4, -0.2) is 35.0 Å². The molecule has 1 heterocycles. The maximum absolute atomic E-state index is 13.0. The van der Waals surface area contributed by atoms with Crippen molar-refractivity contribution < 1.29 is 14.8 Å². The van der Waals surface area contributed by atoms with Crippen molar-refractivity contribution in [3.05, 3.63) is 34.9 Å². The van der Waals surface area contributed by atoms with Gasteiger partial charge in [-0.1, -0.05) is 12.5 Å². The summed E-state index contributed by atoms with van der Waals surface area (Å²) in [4.78, 5) is 26.8. The lowest BCUT2D eigenvalue weighted by molar-refractivity contribution is -0.137. The van der Waals surface area contributed by atoms with Crippen molar-refractivity contribution in [1.29, 1.82) is 0 Å². The molecule has 3 aliphatic rings. The lowest BCUT2D eigenvalue weighted by Gasteiger charge is -2.35. The predicted molar refractivity (Wildman–Crippen MR) is 88.7 cm³/mol. The van der Waals surface area contributed by atoms with Gasteiger partial charge in [0.15, 0.2) is 0 Å². The van der Waals surface area contributed by atoms with Crippen LogP contribution in [0.2, 0.25) is 0 Å². The number of carbonyl (C=O) groups is 2. The standard InChI is InChI=1S/C19H24N2O3/c22-17(20-24)15-5-4-14-6-7-19(11-16(14)10-15)8-9-21(18(19)23)12-13-2-1-3-13/h4-5,10,13,24H,1-3,6-9,11-12H2,(H,20,22)/t19-/m1/s1. The van der Waals surface area contributed by atoms with E-state index in [2.05, 4.69) is 4.90 Å². The minimum absolute atomic E-state index is 0.273. The van der Waals surface area contributed by atoms with Gasteiger partial charge in [-0.15, -0.1) is 0 Å². The highest BCUT2D eigenvalue weighted by Gasteiger charge is 2.48. The Morgan fingerprint density at radius 2 is 2.12 bits per heavy atom. The van der Waals surface area contributed by atoms with E-state index >= 15 is 0 Å². The quantitative estimate of drug-likeness (QED) is 0.661. The second-order valence-electron chi connectivity index (χ2n) is 7.68. The minimum atomic E-state index is -0.498. The SMILES string of the molecule is O=C(NO)c1ccc2c(c1)C[C@@]1(CC2)CCN(CC2CCC2)C1=O. The highest BCUT2D eigenvalue weighted by Crippen LogP contribution is 2.44. The van der Waals surface area contributed by atoms with Crippen LogP contribution in [0.3, 0.4) is 0 Å². The van der Waals surface area contributed by atoms with Gasteiger partial charge < -0.3 is 4.90 Å². The molecule has 2 aliphatic carbocycles. The number of likely N-dealkylation sites (tertiary alicyclic amines) is 1. The van der Waals surface area contributed by atoms with Crippen LogP contribution in [0.1, 0.15) is 53.6 Å². The molecule has 5 heteroatoms. The Kier molecular flexibility index (Phi) is 3.83. The normalized spacial score (nSPS) is 26.4. The maximum Gasteiger partial charge on any atom is 0.274 e. The molecular weight excluding hydrogens is 304 g/mol. The van der Waals surface area contributed by atoms with E-state index in [1.165, 1.54) is 24.8 Å². The number of rotatable bonds is 3. The molecule has 4 rings (SSSR count). The molecule has 24 heavy (non-hydrogen) atoms. The Morgan fingerprint density at radius 1 is 1.29 bits per heavy atom. The number of carbonyl (C=O) groups excluding carboxylic acids is 2. The number of amides is 2. The Morgan fingerprint density at radius 3 is 2.83 bits per heavy atom. The van der Waals surface area contributed by atoms with Crippen LogP contribution in [-0.2, 0) is 17.6 Å². The summed E-state index contributed by atoms with van der Waals surface area (Å²) in [5.74, 6) is 0.527. The molecule has 0 aromatic heterocycles. The summed E-state index contributed by atoms with van der Waals surface area (Å²) >= 11 is 0. The Bertz CT molecular complexity index is 683. The van der Waals surface area contributed by atoms with E-state index in [9.17, 15) is 9.59 Å². The van der Waals surface area contributed by atoms with E-state index in [1.807, 2.05) is 12.1 Å². The minimum Gasteiger partial charge on any atom is -0.342 e. The molecule has 1 atom stereocenters. The van der Waals surface area contributed by atoms with E-state index in [4.69, 9.17) is 5.21 Å². The van der Waals surface area contributed by atoms with Crippen LogP contribution in [0, 0.1) is 11.3 Å². The average molecular weight is 328 g/mol. The fraction of sp³-hybridized carbons (Fsp3) is 0.579. The number of hydrogen-bond donors (Lipinski definition) is 2. The largest absolute Gasteiger partial charge is 0.342 e. The van der Waals surface area contributed by atoms with Gasteiger partial charge in [-0.3, -0.25) is 14.8 Å². The Labute approximate surface area is 142 Å². The van der Waals surface area contributed by atoms with Crippen molar-refractivity contribution in [2.24, 2.45) is 11.3 Å². The van der Waals surface area contributed by atoms with Crippen LogP contribution in [0.4, 0.5) is 0 Å². The summed E-state index contributed by atoms with van der Waals surface area (Å²) in [5, 5.41) is 8.83. The van der Waals surface area contributed by atoms with Crippen molar-refractivity contribution in [2.45, 2.75) is 44.9 Å². The molecule has 0 bridgehead atoms. The third kappa shape index (κ3) is 2.51. The molecule has 1 saturated carbocycles.